The standard InChI is InChI=1S/C13H11ClFN3O2/c1-20-13-17-6-10(15)12(18-13)16-7-11(19)8-2-4-9(14)5-3-8/h2-6H,7H2,1H3,(H,16,17,18). The highest BCUT2D eigenvalue weighted by atomic mass is 35.5. The van der Waals surface area contributed by atoms with E-state index in [4.69, 9.17) is 16.3 Å². The number of methoxy groups -OCH3 is 1. The molecule has 0 atom stereocenters. The van der Waals surface area contributed by atoms with Gasteiger partial charge in [0.05, 0.1) is 19.9 Å². The Labute approximate surface area is 119 Å². The summed E-state index contributed by atoms with van der Waals surface area (Å²) in [7, 11) is 1.37. The molecule has 0 saturated carbocycles. The lowest BCUT2D eigenvalue weighted by molar-refractivity contribution is 0.101. The molecule has 2 aromatic rings. The molecule has 0 bridgehead atoms. The Bertz CT molecular complexity index is 620. The third-order valence-electron chi connectivity index (χ3n) is 2.49. The zero-order valence-corrected chi connectivity index (χ0v) is 11.3. The molecule has 0 spiro atoms. The lowest BCUT2D eigenvalue weighted by Crippen LogP contribution is -2.16. The van der Waals surface area contributed by atoms with Gasteiger partial charge in [-0.15, -0.1) is 0 Å². The van der Waals surface area contributed by atoms with Gasteiger partial charge in [0.25, 0.3) is 0 Å². The minimum absolute atomic E-state index is 0.0211. The first-order valence-electron chi connectivity index (χ1n) is 5.69. The van der Waals surface area contributed by atoms with Crippen LogP contribution in [0.15, 0.2) is 30.5 Å². The SMILES string of the molecule is COc1ncc(F)c(NCC(=O)c2ccc(Cl)cc2)n1. The minimum atomic E-state index is -0.658. The molecule has 1 aromatic carbocycles. The number of carbonyl (C=O) groups excluding carboxylic acids is 1. The molecule has 1 aromatic heterocycles. The van der Waals surface area contributed by atoms with E-state index in [2.05, 4.69) is 15.3 Å². The number of ketones is 1. The largest absolute Gasteiger partial charge is 0.467 e. The van der Waals surface area contributed by atoms with Gasteiger partial charge in [0.2, 0.25) is 0 Å². The smallest absolute Gasteiger partial charge is 0.318 e. The number of benzene rings is 1. The number of nitrogens with one attached hydrogen (secondary N) is 1. The summed E-state index contributed by atoms with van der Waals surface area (Å²) in [5, 5.41) is 3.15. The third kappa shape index (κ3) is 3.42. The van der Waals surface area contributed by atoms with E-state index in [0.29, 0.717) is 10.6 Å². The number of hydrogen-bond acceptors (Lipinski definition) is 5. The number of ether oxygens (including phenoxy) is 1. The molecular formula is C13H11ClFN3O2. The van der Waals surface area contributed by atoms with Gasteiger partial charge in [-0.05, 0) is 24.3 Å². The van der Waals surface area contributed by atoms with E-state index in [9.17, 15) is 9.18 Å². The molecule has 1 heterocycles. The molecule has 1 N–H and O–H groups in total. The van der Waals surface area contributed by atoms with Crippen LogP contribution in [0, 0.1) is 5.82 Å². The predicted molar refractivity (Wildman–Crippen MR) is 72.8 cm³/mol. The van der Waals surface area contributed by atoms with Gasteiger partial charge < -0.3 is 10.1 Å². The maximum Gasteiger partial charge on any atom is 0.318 e. The summed E-state index contributed by atoms with van der Waals surface area (Å²) in [4.78, 5) is 19.3. The maximum absolute atomic E-state index is 13.4. The number of Topliss-reactive ketones (excluding diaryl/α,β-unsaturated/α-hetero) is 1. The van der Waals surface area contributed by atoms with Gasteiger partial charge in [0.15, 0.2) is 17.4 Å². The molecule has 0 radical (unpaired) electrons. The molecular weight excluding hydrogens is 285 g/mol. The topological polar surface area (TPSA) is 64.1 Å². The lowest BCUT2D eigenvalue weighted by atomic mass is 10.1. The molecule has 0 aliphatic rings. The van der Waals surface area contributed by atoms with Crippen LogP contribution in [-0.4, -0.2) is 29.4 Å². The van der Waals surface area contributed by atoms with Gasteiger partial charge in [-0.1, -0.05) is 11.6 Å². The van der Waals surface area contributed by atoms with Crippen molar-refractivity contribution >= 4 is 23.2 Å². The number of hydrogen-bond donors (Lipinski definition) is 1. The molecule has 20 heavy (non-hydrogen) atoms. The van der Waals surface area contributed by atoms with E-state index in [-0.39, 0.29) is 24.2 Å². The van der Waals surface area contributed by atoms with Crippen LogP contribution in [0.4, 0.5) is 10.2 Å². The number of anilines is 1. The normalized spacial score (nSPS) is 10.2. The Morgan fingerprint density at radius 2 is 2.10 bits per heavy atom. The summed E-state index contributed by atoms with van der Waals surface area (Å²) in [6, 6.07) is 6.45. The van der Waals surface area contributed by atoms with Gasteiger partial charge in [0.1, 0.15) is 0 Å². The number of aromatic nitrogens is 2. The summed E-state index contributed by atoms with van der Waals surface area (Å²) < 4.78 is 18.2. The van der Waals surface area contributed by atoms with E-state index in [0.717, 1.165) is 6.20 Å². The molecule has 7 heteroatoms. The molecule has 0 aliphatic heterocycles. The summed E-state index contributed by atoms with van der Waals surface area (Å²) in [5.41, 5.74) is 0.475. The maximum atomic E-state index is 13.4. The first-order valence-corrected chi connectivity index (χ1v) is 6.07. The monoisotopic (exact) mass is 295 g/mol. The molecule has 0 amide bonds. The van der Waals surface area contributed by atoms with Crippen molar-refractivity contribution in [2.75, 3.05) is 19.0 Å². The van der Waals surface area contributed by atoms with Crippen LogP contribution in [0.5, 0.6) is 6.01 Å². The Balaban J connectivity index is 2.05. The van der Waals surface area contributed by atoms with Gasteiger partial charge in [-0.25, -0.2) is 9.37 Å². The Kier molecular flexibility index (Phi) is 4.47. The van der Waals surface area contributed by atoms with Crippen LogP contribution in [-0.2, 0) is 0 Å². The molecule has 0 fully saturated rings. The highest BCUT2D eigenvalue weighted by Crippen LogP contribution is 2.14. The number of halogens is 2. The van der Waals surface area contributed by atoms with Gasteiger partial charge in [-0.2, -0.15) is 4.98 Å². The quantitative estimate of drug-likeness (QED) is 0.859. The molecule has 5 nitrogen and oxygen atoms in total. The predicted octanol–water partition coefficient (Wildman–Crippen LogP) is 2.57. The summed E-state index contributed by atoms with van der Waals surface area (Å²) in [5.74, 6) is -0.951. The van der Waals surface area contributed by atoms with Crippen LogP contribution in [0.25, 0.3) is 0 Å². The number of rotatable bonds is 5. The Hall–Kier alpha value is -2.21. The van der Waals surface area contributed by atoms with Crippen molar-refractivity contribution in [3.05, 3.63) is 46.9 Å². The van der Waals surface area contributed by atoms with Crippen molar-refractivity contribution in [1.82, 2.24) is 9.97 Å². The Morgan fingerprint density at radius 1 is 1.40 bits per heavy atom. The van der Waals surface area contributed by atoms with Gasteiger partial charge >= 0.3 is 6.01 Å². The summed E-state index contributed by atoms with van der Waals surface area (Å²) in [6.07, 6.45) is 0.973. The lowest BCUT2D eigenvalue weighted by Gasteiger charge is -2.07. The fourth-order valence-corrected chi connectivity index (χ4v) is 1.60. The van der Waals surface area contributed by atoms with Crippen molar-refractivity contribution in [2.24, 2.45) is 0 Å². The van der Waals surface area contributed by atoms with Crippen molar-refractivity contribution in [1.29, 1.82) is 0 Å². The fraction of sp³-hybridized carbons (Fsp3) is 0.154. The average molecular weight is 296 g/mol. The van der Waals surface area contributed by atoms with Crippen LogP contribution in [0.1, 0.15) is 10.4 Å². The van der Waals surface area contributed by atoms with Gasteiger partial charge in [0, 0.05) is 10.6 Å². The highest BCUT2D eigenvalue weighted by Gasteiger charge is 2.10. The zero-order valence-electron chi connectivity index (χ0n) is 10.6. The second kappa shape index (κ2) is 6.29. The van der Waals surface area contributed by atoms with Crippen molar-refractivity contribution in [3.63, 3.8) is 0 Å². The fourth-order valence-electron chi connectivity index (χ4n) is 1.48. The summed E-state index contributed by atoms with van der Waals surface area (Å²) in [6.45, 7) is -0.0985. The highest BCUT2D eigenvalue weighted by molar-refractivity contribution is 6.30. The number of nitrogens with zero attached hydrogens (tertiary/aromatic N) is 2. The van der Waals surface area contributed by atoms with Crippen LogP contribution in [0.3, 0.4) is 0 Å². The molecule has 0 unspecified atom stereocenters. The van der Waals surface area contributed by atoms with Crippen LogP contribution >= 0.6 is 11.6 Å². The molecule has 2 rings (SSSR count). The first-order chi connectivity index (χ1) is 9.60. The molecule has 0 saturated heterocycles. The van der Waals surface area contributed by atoms with Crippen molar-refractivity contribution < 1.29 is 13.9 Å². The van der Waals surface area contributed by atoms with E-state index in [1.54, 1.807) is 24.3 Å². The summed E-state index contributed by atoms with van der Waals surface area (Å²) >= 11 is 5.74. The van der Waals surface area contributed by atoms with Gasteiger partial charge in [-0.3, -0.25) is 4.79 Å². The van der Waals surface area contributed by atoms with E-state index in [1.807, 2.05) is 0 Å². The van der Waals surface area contributed by atoms with Crippen molar-refractivity contribution in [2.45, 2.75) is 0 Å². The van der Waals surface area contributed by atoms with Crippen LogP contribution in [0.2, 0.25) is 5.02 Å². The van der Waals surface area contributed by atoms with E-state index < -0.39 is 5.82 Å². The van der Waals surface area contributed by atoms with E-state index >= 15 is 0 Å². The molecule has 0 aliphatic carbocycles. The van der Waals surface area contributed by atoms with E-state index in [1.165, 1.54) is 7.11 Å². The molecule has 104 valence electrons. The minimum Gasteiger partial charge on any atom is -0.467 e. The zero-order chi connectivity index (χ0) is 14.5. The second-order valence-corrected chi connectivity index (χ2v) is 4.27. The van der Waals surface area contributed by atoms with Crippen molar-refractivity contribution in [3.8, 4) is 6.01 Å². The average Bonchev–Trinajstić information content (AvgIpc) is 2.47. The number of carbonyl (C=O) groups is 1. The third-order valence-corrected chi connectivity index (χ3v) is 2.74. The van der Waals surface area contributed by atoms with Crippen LogP contribution < -0.4 is 10.1 Å². The first kappa shape index (κ1) is 14.2. The Morgan fingerprint density at radius 3 is 2.75 bits per heavy atom. The second-order valence-electron chi connectivity index (χ2n) is 3.84.